The van der Waals surface area contributed by atoms with Crippen LogP contribution in [0.1, 0.15) is 78.6 Å². The van der Waals surface area contributed by atoms with Crippen LogP contribution in [0, 0.1) is 23.7 Å². The van der Waals surface area contributed by atoms with Crippen molar-refractivity contribution in [2.75, 3.05) is 5.75 Å². The lowest BCUT2D eigenvalue weighted by Gasteiger charge is -2.32. The van der Waals surface area contributed by atoms with E-state index in [-0.39, 0.29) is 61.3 Å². The third kappa shape index (κ3) is 14.4. The molecule has 13 heteroatoms. The van der Waals surface area contributed by atoms with Crippen LogP contribution < -0.4 is 21.3 Å². The van der Waals surface area contributed by atoms with Crippen LogP contribution in [0.3, 0.4) is 0 Å². The van der Waals surface area contributed by atoms with E-state index in [1.807, 2.05) is 84.0 Å². The number of aromatic nitrogens is 3. The number of aliphatic hydroxyl groups excluding tert-OH is 1. The minimum absolute atomic E-state index is 0.0665. The van der Waals surface area contributed by atoms with Gasteiger partial charge in [0, 0.05) is 41.8 Å². The predicted octanol–water partition coefficient (Wildman–Crippen LogP) is 4.42. The van der Waals surface area contributed by atoms with Gasteiger partial charge >= 0.3 is 0 Å². The van der Waals surface area contributed by atoms with Crippen LogP contribution in [0.15, 0.2) is 72.1 Å². The van der Waals surface area contributed by atoms with E-state index >= 15 is 0 Å². The molecule has 0 fully saturated rings. The minimum atomic E-state index is -1.08. The lowest BCUT2D eigenvalue weighted by molar-refractivity contribution is -0.134. The number of thioether (sulfide) groups is 1. The highest BCUT2D eigenvalue weighted by Crippen LogP contribution is 2.23. The highest BCUT2D eigenvalue weighted by Gasteiger charge is 2.35. The molecule has 6 atom stereocenters. The molecule has 2 heterocycles. The molecule has 6 N–H and O–H groups in total. The van der Waals surface area contributed by atoms with Crippen molar-refractivity contribution in [3.05, 3.63) is 78.6 Å². The monoisotopic (exact) mass is 735 g/mol. The molecular weight excluding hydrogens is 679 g/mol. The van der Waals surface area contributed by atoms with Crippen LogP contribution in [-0.4, -0.2) is 73.7 Å². The molecule has 0 saturated heterocycles. The summed E-state index contributed by atoms with van der Waals surface area (Å²) in [6, 6.07) is 12.9. The number of nitrogens with one attached hydrogen (secondary N) is 5. The van der Waals surface area contributed by atoms with Crippen molar-refractivity contribution in [3.8, 4) is 0 Å². The van der Waals surface area contributed by atoms with Gasteiger partial charge in [0.25, 0.3) is 0 Å². The summed E-state index contributed by atoms with van der Waals surface area (Å²) in [7, 11) is 0. The molecule has 0 radical (unpaired) electrons. The summed E-state index contributed by atoms with van der Waals surface area (Å²) in [6.07, 6.45) is 5.33. The molecule has 284 valence electrons. The van der Waals surface area contributed by atoms with Crippen molar-refractivity contribution in [2.24, 2.45) is 23.7 Å². The molecule has 3 rings (SSSR count). The van der Waals surface area contributed by atoms with E-state index in [0.29, 0.717) is 30.0 Å². The van der Waals surface area contributed by atoms with Crippen molar-refractivity contribution < 1.29 is 24.3 Å². The maximum Gasteiger partial charge on any atom is 0.243 e. The molecule has 2 aromatic heterocycles. The smallest absolute Gasteiger partial charge is 0.243 e. The zero-order valence-corrected chi connectivity index (χ0v) is 32.1. The maximum atomic E-state index is 13.8. The number of carbonyl (C=O) groups excluding carboxylic acids is 4. The number of aliphatic hydroxyl groups is 1. The Bertz CT molecular complexity index is 1510. The second-order valence-corrected chi connectivity index (χ2v) is 15.3. The van der Waals surface area contributed by atoms with Gasteiger partial charge in [0.1, 0.15) is 12.1 Å². The maximum absolute atomic E-state index is 13.8. The zero-order chi connectivity index (χ0) is 38.0. The third-order valence-electron chi connectivity index (χ3n) is 9.08. The van der Waals surface area contributed by atoms with Crippen LogP contribution >= 0.6 is 11.8 Å². The van der Waals surface area contributed by atoms with Crippen LogP contribution in [-0.2, 0) is 32.1 Å². The summed E-state index contributed by atoms with van der Waals surface area (Å²) in [4.78, 5) is 66.4. The van der Waals surface area contributed by atoms with Crippen LogP contribution in [0.2, 0.25) is 0 Å². The fourth-order valence-corrected chi connectivity index (χ4v) is 6.70. The van der Waals surface area contributed by atoms with E-state index in [2.05, 4.69) is 36.2 Å². The quantitative estimate of drug-likeness (QED) is 0.0822. The fraction of sp³-hybridized carbons (Fsp3) is 0.538. The molecule has 0 aliphatic heterocycles. The summed E-state index contributed by atoms with van der Waals surface area (Å²) in [6.45, 7) is 11.9. The number of hydrogen-bond acceptors (Lipinski definition) is 8. The van der Waals surface area contributed by atoms with E-state index in [9.17, 15) is 24.3 Å². The van der Waals surface area contributed by atoms with Crippen molar-refractivity contribution in [1.82, 2.24) is 36.2 Å². The molecule has 12 nitrogen and oxygen atoms in total. The number of aromatic amines is 1. The second kappa shape index (κ2) is 22.0. The molecule has 3 aromatic rings. The molecule has 0 aliphatic carbocycles. The van der Waals surface area contributed by atoms with Crippen molar-refractivity contribution in [3.63, 3.8) is 0 Å². The van der Waals surface area contributed by atoms with Gasteiger partial charge in [-0.2, -0.15) is 0 Å². The number of H-pyrrole nitrogens is 1. The topological polar surface area (TPSA) is 178 Å². The standard InChI is InChI=1S/C39H57N7O5S/c1-7-27(6)36(39(51)42-23-28-13-11-12-17-41-28)46-37(49)31(26(4)5)21-34(47)32(19-25(2)3)45-38(50)33(20-29-22-40-24-43-29)44-35(48)16-18-52-30-14-9-8-10-15-30/h8-15,17,22,24-27,31-34,36,47H,7,16,18-21,23H2,1-6H3,(H,40,43)(H,42,51)(H,44,48)(H,45,50)(H,46,49). The number of pyridine rings is 1. The fourth-order valence-electron chi connectivity index (χ4n) is 5.83. The van der Waals surface area contributed by atoms with Crippen LogP contribution in [0.5, 0.6) is 0 Å². The SMILES string of the molecule is CCC(C)C(NC(=O)C(CC(O)C(CC(C)C)NC(=O)C(Cc1c[nH]cn1)NC(=O)CCSc1ccccc1)C(C)C)C(=O)NCc1ccccn1. The number of hydrogen-bond donors (Lipinski definition) is 6. The number of imidazole rings is 1. The predicted molar refractivity (Wildman–Crippen MR) is 204 cm³/mol. The van der Waals surface area contributed by atoms with Gasteiger partial charge in [-0.1, -0.05) is 72.2 Å². The molecular formula is C39H57N7O5S. The lowest BCUT2D eigenvalue weighted by Crippen LogP contribution is -2.55. The number of nitrogens with zero attached hydrogens (tertiary/aromatic N) is 2. The number of benzene rings is 1. The van der Waals surface area contributed by atoms with E-state index in [1.165, 1.54) is 6.33 Å². The van der Waals surface area contributed by atoms with Gasteiger partial charge < -0.3 is 31.4 Å². The zero-order valence-electron chi connectivity index (χ0n) is 31.3. The molecule has 0 aliphatic rings. The Morgan fingerprint density at radius 3 is 2.19 bits per heavy atom. The first-order valence-corrected chi connectivity index (χ1v) is 19.3. The van der Waals surface area contributed by atoms with Crippen molar-refractivity contribution >= 4 is 35.4 Å². The summed E-state index contributed by atoms with van der Waals surface area (Å²) in [5, 5.41) is 23.4. The van der Waals surface area contributed by atoms with Gasteiger partial charge in [0.05, 0.1) is 36.4 Å². The Labute approximate surface area is 312 Å². The van der Waals surface area contributed by atoms with E-state index in [0.717, 1.165) is 4.90 Å². The van der Waals surface area contributed by atoms with Crippen LogP contribution in [0.25, 0.3) is 0 Å². The number of carbonyl (C=O) groups is 4. The average Bonchev–Trinajstić information content (AvgIpc) is 3.64. The Morgan fingerprint density at radius 2 is 1.58 bits per heavy atom. The summed E-state index contributed by atoms with van der Waals surface area (Å²) in [5.74, 6) is -1.64. The van der Waals surface area contributed by atoms with E-state index in [1.54, 1.807) is 30.2 Å². The average molecular weight is 736 g/mol. The Hall–Kier alpha value is -4.23. The number of rotatable bonds is 22. The van der Waals surface area contributed by atoms with Gasteiger partial charge in [-0.15, -0.1) is 11.8 Å². The molecule has 6 unspecified atom stereocenters. The minimum Gasteiger partial charge on any atom is -0.391 e. The summed E-state index contributed by atoms with van der Waals surface area (Å²) in [5.41, 5.74) is 1.32. The molecule has 0 saturated carbocycles. The van der Waals surface area contributed by atoms with E-state index in [4.69, 9.17) is 0 Å². The molecule has 4 amide bonds. The first-order chi connectivity index (χ1) is 24.9. The lowest BCUT2D eigenvalue weighted by atomic mass is 9.85. The van der Waals surface area contributed by atoms with Crippen molar-refractivity contribution in [1.29, 1.82) is 0 Å². The van der Waals surface area contributed by atoms with Gasteiger partial charge in [0.15, 0.2) is 0 Å². The number of amides is 4. The third-order valence-corrected chi connectivity index (χ3v) is 10.1. The van der Waals surface area contributed by atoms with Gasteiger partial charge in [0.2, 0.25) is 23.6 Å². The molecule has 0 bridgehead atoms. The van der Waals surface area contributed by atoms with Gasteiger partial charge in [-0.3, -0.25) is 24.2 Å². The molecule has 52 heavy (non-hydrogen) atoms. The van der Waals surface area contributed by atoms with E-state index < -0.39 is 36.1 Å². The Kier molecular flexibility index (Phi) is 17.8. The normalized spacial score (nSPS) is 14.9. The van der Waals surface area contributed by atoms with Gasteiger partial charge in [-0.25, -0.2) is 4.98 Å². The largest absolute Gasteiger partial charge is 0.391 e. The molecule has 1 aromatic carbocycles. The Balaban J connectivity index is 1.69. The highest BCUT2D eigenvalue weighted by atomic mass is 32.2. The molecule has 0 spiro atoms. The second-order valence-electron chi connectivity index (χ2n) is 14.1. The van der Waals surface area contributed by atoms with Gasteiger partial charge in [-0.05, 0) is 54.9 Å². The highest BCUT2D eigenvalue weighted by molar-refractivity contribution is 7.99. The summed E-state index contributed by atoms with van der Waals surface area (Å²) < 4.78 is 0. The first-order valence-electron chi connectivity index (χ1n) is 18.3. The summed E-state index contributed by atoms with van der Waals surface area (Å²) >= 11 is 1.56. The first kappa shape index (κ1) is 42.2. The van der Waals surface area contributed by atoms with Crippen LogP contribution in [0.4, 0.5) is 0 Å². The Morgan fingerprint density at radius 1 is 0.846 bits per heavy atom. The van der Waals surface area contributed by atoms with Crippen molar-refractivity contribution in [2.45, 2.75) is 109 Å².